The standard InChI is InChI=1S/C15H23FN2O2/c1-4-18(15(19)14(17)9-10-20-3)11(2)12-5-7-13(16)8-6-12/h5-8,11,14H,4,9-10,17H2,1-3H3. The lowest BCUT2D eigenvalue weighted by molar-refractivity contribution is -0.135. The smallest absolute Gasteiger partial charge is 0.240 e. The predicted octanol–water partition coefficient (Wildman–Crippen LogP) is 2.10. The van der Waals surface area contributed by atoms with Crippen LogP contribution in [0.2, 0.25) is 0 Å². The maximum Gasteiger partial charge on any atom is 0.240 e. The van der Waals surface area contributed by atoms with Crippen molar-refractivity contribution in [1.29, 1.82) is 0 Å². The van der Waals surface area contributed by atoms with E-state index in [9.17, 15) is 9.18 Å². The molecule has 0 aliphatic rings. The van der Waals surface area contributed by atoms with Gasteiger partial charge >= 0.3 is 0 Å². The molecule has 1 rings (SSSR count). The summed E-state index contributed by atoms with van der Waals surface area (Å²) in [4.78, 5) is 14.0. The highest BCUT2D eigenvalue weighted by Crippen LogP contribution is 2.21. The summed E-state index contributed by atoms with van der Waals surface area (Å²) < 4.78 is 17.9. The number of likely N-dealkylation sites (N-methyl/N-ethyl adjacent to an activating group) is 1. The zero-order chi connectivity index (χ0) is 15.1. The Bertz CT molecular complexity index is 422. The van der Waals surface area contributed by atoms with Crippen LogP contribution in [-0.2, 0) is 9.53 Å². The van der Waals surface area contributed by atoms with Crippen LogP contribution in [0.3, 0.4) is 0 Å². The van der Waals surface area contributed by atoms with Gasteiger partial charge in [0.25, 0.3) is 0 Å². The summed E-state index contributed by atoms with van der Waals surface area (Å²) >= 11 is 0. The van der Waals surface area contributed by atoms with E-state index in [4.69, 9.17) is 10.5 Å². The second kappa shape index (κ2) is 7.97. The van der Waals surface area contributed by atoms with Crippen molar-refractivity contribution >= 4 is 5.91 Å². The number of amides is 1. The molecule has 1 amide bonds. The number of methoxy groups -OCH3 is 1. The molecular weight excluding hydrogens is 259 g/mol. The molecule has 0 aromatic heterocycles. The van der Waals surface area contributed by atoms with E-state index in [1.165, 1.54) is 12.1 Å². The van der Waals surface area contributed by atoms with Crippen LogP contribution in [-0.4, -0.2) is 37.1 Å². The van der Waals surface area contributed by atoms with Gasteiger partial charge in [-0.25, -0.2) is 4.39 Å². The maximum absolute atomic E-state index is 12.9. The van der Waals surface area contributed by atoms with Crippen LogP contribution in [0, 0.1) is 5.82 Å². The zero-order valence-corrected chi connectivity index (χ0v) is 12.3. The van der Waals surface area contributed by atoms with Crippen LogP contribution in [0.1, 0.15) is 31.9 Å². The van der Waals surface area contributed by atoms with E-state index in [1.54, 1.807) is 24.1 Å². The molecule has 20 heavy (non-hydrogen) atoms. The largest absolute Gasteiger partial charge is 0.385 e. The Balaban J connectivity index is 2.78. The summed E-state index contributed by atoms with van der Waals surface area (Å²) in [6, 6.07) is 5.47. The molecular formula is C15H23FN2O2. The first-order valence-electron chi connectivity index (χ1n) is 6.81. The first-order valence-corrected chi connectivity index (χ1v) is 6.81. The number of carbonyl (C=O) groups excluding carboxylic acids is 1. The van der Waals surface area contributed by atoms with E-state index in [2.05, 4.69) is 0 Å². The molecule has 0 bridgehead atoms. The van der Waals surface area contributed by atoms with Crippen LogP contribution in [0.15, 0.2) is 24.3 Å². The van der Waals surface area contributed by atoms with Crippen molar-refractivity contribution in [3.8, 4) is 0 Å². The van der Waals surface area contributed by atoms with Gasteiger partial charge in [0, 0.05) is 20.3 Å². The third-order valence-electron chi connectivity index (χ3n) is 3.39. The third kappa shape index (κ3) is 4.28. The second-order valence-corrected chi connectivity index (χ2v) is 4.74. The Morgan fingerprint density at radius 2 is 2.00 bits per heavy atom. The van der Waals surface area contributed by atoms with Gasteiger partial charge in [-0.1, -0.05) is 12.1 Å². The molecule has 2 N–H and O–H groups in total. The van der Waals surface area contributed by atoms with Gasteiger partial charge in [-0.15, -0.1) is 0 Å². The Kier molecular flexibility index (Phi) is 6.61. The number of hydrogen-bond acceptors (Lipinski definition) is 3. The second-order valence-electron chi connectivity index (χ2n) is 4.74. The third-order valence-corrected chi connectivity index (χ3v) is 3.39. The highest BCUT2D eigenvalue weighted by Gasteiger charge is 2.24. The van der Waals surface area contributed by atoms with Crippen LogP contribution >= 0.6 is 0 Å². The van der Waals surface area contributed by atoms with E-state index in [0.717, 1.165) is 5.56 Å². The fraction of sp³-hybridized carbons (Fsp3) is 0.533. The molecule has 0 heterocycles. The van der Waals surface area contributed by atoms with Crippen LogP contribution < -0.4 is 5.73 Å². The molecule has 2 unspecified atom stereocenters. The molecule has 2 atom stereocenters. The number of hydrogen-bond donors (Lipinski definition) is 1. The van der Waals surface area contributed by atoms with E-state index < -0.39 is 6.04 Å². The summed E-state index contributed by atoms with van der Waals surface area (Å²) in [6.45, 7) is 4.83. The Labute approximate surface area is 119 Å². The average molecular weight is 282 g/mol. The van der Waals surface area contributed by atoms with E-state index in [1.807, 2.05) is 13.8 Å². The highest BCUT2D eigenvalue weighted by molar-refractivity contribution is 5.82. The van der Waals surface area contributed by atoms with Gasteiger partial charge in [-0.05, 0) is 38.0 Å². The lowest BCUT2D eigenvalue weighted by Crippen LogP contribution is -2.45. The van der Waals surface area contributed by atoms with Crippen molar-refractivity contribution in [2.45, 2.75) is 32.4 Å². The fourth-order valence-corrected chi connectivity index (χ4v) is 2.12. The number of nitrogens with two attached hydrogens (primary N) is 1. The molecule has 112 valence electrons. The fourth-order valence-electron chi connectivity index (χ4n) is 2.12. The molecule has 0 saturated heterocycles. The number of ether oxygens (including phenoxy) is 1. The highest BCUT2D eigenvalue weighted by atomic mass is 19.1. The van der Waals surface area contributed by atoms with E-state index >= 15 is 0 Å². The molecule has 5 heteroatoms. The maximum atomic E-state index is 12.9. The van der Waals surface area contributed by atoms with Gasteiger partial charge in [0.15, 0.2) is 0 Å². The number of benzene rings is 1. The molecule has 0 aliphatic heterocycles. The van der Waals surface area contributed by atoms with Crippen molar-refractivity contribution in [3.63, 3.8) is 0 Å². The molecule has 0 saturated carbocycles. The minimum absolute atomic E-state index is 0.110. The molecule has 4 nitrogen and oxygen atoms in total. The number of carbonyl (C=O) groups is 1. The normalized spacial score (nSPS) is 13.8. The molecule has 0 aliphatic carbocycles. The van der Waals surface area contributed by atoms with Gasteiger partial charge in [0.1, 0.15) is 5.82 Å². The van der Waals surface area contributed by atoms with Gasteiger partial charge in [0.05, 0.1) is 12.1 Å². The minimum atomic E-state index is -0.571. The lowest BCUT2D eigenvalue weighted by atomic mass is 10.1. The van der Waals surface area contributed by atoms with Crippen molar-refractivity contribution in [1.82, 2.24) is 4.90 Å². The molecule has 1 aromatic rings. The quantitative estimate of drug-likeness (QED) is 0.833. The SMILES string of the molecule is CCN(C(=O)C(N)CCOC)C(C)c1ccc(F)cc1. The van der Waals surface area contributed by atoms with Crippen LogP contribution in [0.25, 0.3) is 0 Å². The van der Waals surface area contributed by atoms with Gasteiger partial charge in [-0.3, -0.25) is 4.79 Å². The summed E-state index contributed by atoms with van der Waals surface area (Å²) in [7, 11) is 1.58. The van der Waals surface area contributed by atoms with Crippen molar-refractivity contribution in [3.05, 3.63) is 35.6 Å². The zero-order valence-electron chi connectivity index (χ0n) is 12.3. The first-order chi connectivity index (χ1) is 9.51. The number of nitrogens with zero attached hydrogens (tertiary/aromatic N) is 1. The number of halogens is 1. The Hall–Kier alpha value is -1.46. The van der Waals surface area contributed by atoms with Gasteiger partial charge in [0.2, 0.25) is 5.91 Å². The Morgan fingerprint density at radius 1 is 1.40 bits per heavy atom. The Morgan fingerprint density at radius 3 is 2.50 bits per heavy atom. The lowest BCUT2D eigenvalue weighted by Gasteiger charge is -2.30. The molecule has 0 radical (unpaired) electrons. The molecule has 0 fully saturated rings. The van der Waals surface area contributed by atoms with Crippen LogP contribution in [0.5, 0.6) is 0 Å². The van der Waals surface area contributed by atoms with E-state index in [-0.39, 0.29) is 17.8 Å². The summed E-state index contributed by atoms with van der Waals surface area (Å²) in [6.07, 6.45) is 0.488. The molecule has 1 aromatic carbocycles. The minimum Gasteiger partial charge on any atom is -0.385 e. The molecule has 0 spiro atoms. The van der Waals surface area contributed by atoms with Gasteiger partial charge < -0.3 is 15.4 Å². The van der Waals surface area contributed by atoms with Crippen molar-refractivity contribution in [2.24, 2.45) is 5.73 Å². The number of rotatable bonds is 7. The summed E-state index contributed by atoms with van der Waals surface area (Å²) in [5, 5.41) is 0. The van der Waals surface area contributed by atoms with Gasteiger partial charge in [-0.2, -0.15) is 0 Å². The van der Waals surface area contributed by atoms with Crippen molar-refractivity contribution in [2.75, 3.05) is 20.3 Å². The van der Waals surface area contributed by atoms with Crippen molar-refractivity contribution < 1.29 is 13.9 Å². The summed E-state index contributed by atoms with van der Waals surface area (Å²) in [5.74, 6) is -0.395. The topological polar surface area (TPSA) is 55.6 Å². The summed E-state index contributed by atoms with van der Waals surface area (Å²) in [5.41, 5.74) is 6.78. The van der Waals surface area contributed by atoms with E-state index in [0.29, 0.717) is 19.6 Å². The monoisotopic (exact) mass is 282 g/mol. The van der Waals surface area contributed by atoms with Crippen LogP contribution in [0.4, 0.5) is 4.39 Å². The predicted molar refractivity (Wildman–Crippen MR) is 76.7 cm³/mol. The average Bonchev–Trinajstić information content (AvgIpc) is 2.45. The first kappa shape index (κ1) is 16.6.